The SMILES string of the molecule is c1cn(C2CCCCN2)nc1N1CCC1. The number of anilines is 1. The van der Waals surface area contributed by atoms with Crippen molar-refractivity contribution in [3.63, 3.8) is 0 Å². The maximum atomic E-state index is 4.64. The van der Waals surface area contributed by atoms with Gasteiger partial charge in [0.1, 0.15) is 6.17 Å². The quantitative estimate of drug-likeness (QED) is 0.793. The van der Waals surface area contributed by atoms with E-state index in [0.29, 0.717) is 6.17 Å². The third kappa shape index (κ3) is 1.74. The molecule has 4 nitrogen and oxygen atoms in total. The number of nitrogens with zero attached hydrogens (tertiary/aromatic N) is 3. The zero-order valence-electron chi connectivity index (χ0n) is 9.02. The summed E-state index contributed by atoms with van der Waals surface area (Å²) in [7, 11) is 0. The fourth-order valence-electron chi connectivity index (χ4n) is 2.27. The molecule has 0 amide bonds. The zero-order chi connectivity index (χ0) is 10.1. The highest BCUT2D eigenvalue weighted by Crippen LogP contribution is 2.21. The number of hydrogen-bond donors (Lipinski definition) is 1. The molecular weight excluding hydrogens is 188 g/mol. The molecule has 4 heteroatoms. The second-order valence-electron chi connectivity index (χ2n) is 4.46. The van der Waals surface area contributed by atoms with Crippen LogP contribution in [0.5, 0.6) is 0 Å². The van der Waals surface area contributed by atoms with Gasteiger partial charge in [-0.3, -0.25) is 10.00 Å². The van der Waals surface area contributed by atoms with Crippen LogP contribution >= 0.6 is 0 Å². The fraction of sp³-hybridized carbons (Fsp3) is 0.727. The summed E-state index contributed by atoms with van der Waals surface area (Å²) in [5.74, 6) is 1.15. The third-order valence-corrected chi connectivity index (χ3v) is 3.38. The van der Waals surface area contributed by atoms with Gasteiger partial charge < -0.3 is 4.90 Å². The van der Waals surface area contributed by atoms with Gasteiger partial charge in [0, 0.05) is 25.4 Å². The van der Waals surface area contributed by atoms with E-state index in [4.69, 9.17) is 0 Å². The molecule has 0 spiro atoms. The van der Waals surface area contributed by atoms with E-state index in [9.17, 15) is 0 Å². The first-order valence-corrected chi connectivity index (χ1v) is 5.97. The lowest BCUT2D eigenvalue weighted by Gasteiger charge is -2.31. The molecule has 15 heavy (non-hydrogen) atoms. The number of aromatic nitrogens is 2. The number of nitrogens with one attached hydrogen (secondary N) is 1. The molecule has 0 saturated carbocycles. The lowest BCUT2D eigenvalue weighted by atomic mass is 10.1. The average molecular weight is 206 g/mol. The van der Waals surface area contributed by atoms with Crippen molar-refractivity contribution in [2.24, 2.45) is 0 Å². The Morgan fingerprint density at radius 3 is 2.87 bits per heavy atom. The van der Waals surface area contributed by atoms with E-state index < -0.39 is 0 Å². The minimum atomic E-state index is 0.425. The van der Waals surface area contributed by atoms with Crippen LogP contribution in [0.3, 0.4) is 0 Å². The smallest absolute Gasteiger partial charge is 0.150 e. The summed E-state index contributed by atoms with van der Waals surface area (Å²) in [5.41, 5.74) is 0. The Morgan fingerprint density at radius 2 is 2.20 bits per heavy atom. The molecule has 0 radical (unpaired) electrons. The lowest BCUT2D eigenvalue weighted by molar-refractivity contribution is 0.298. The molecule has 1 unspecified atom stereocenters. The van der Waals surface area contributed by atoms with Crippen molar-refractivity contribution in [2.45, 2.75) is 31.8 Å². The Hall–Kier alpha value is -1.03. The van der Waals surface area contributed by atoms with E-state index in [1.165, 1.54) is 38.8 Å². The van der Waals surface area contributed by atoms with Gasteiger partial charge in [-0.25, -0.2) is 0 Å². The van der Waals surface area contributed by atoms with Gasteiger partial charge in [0.05, 0.1) is 0 Å². The molecule has 0 aromatic carbocycles. The first-order valence-electron chi connectivity index (χ1n) is 5.97. The van der Waals surface area contributed by atoms with Crippen LogP contribution in [0.2, 0.25) is 0 Å². The molecule has 2 aliphatic heterocycles. The second kappa shape index (κ2) is 3.85. The minimum Gasteiger partial charge on any atom is -0.355 e. The zero-order valence-corrected chi connectivity index (χ0v) is 9.02. The topological polar surface area (TPSA) is 33.1 Å². The Bertz CT molecular complexity index is 323. The van der Waals surface area contributed by atoms with Gasteiger partial charge in [-0.1, -0.05) is 0 Å². The van der Waals surface area contributed by atoms with Gasteiger partial charge in [-0.2, -0.15) is 5.10 Å². The molecule has 0 bridgehead atoms. The van der Waals surface area contributed by atoms with Crippen LogP contribution in [0.25, 0.3) is 0 Å². The van der Waals surface area contributed by atoms with Crippen molar-refractivity contribution in [1.82, 2.24) is 15.1 Å². The largest absolute Gasteiger partial charge is 0.355 e. The minimum absolute atomic E-state index is 0.425. The van der Waals surface area contributed by atoms with Crippen LogP contribution < -0.4 is 10.2 Å². The van der Waals surface area contributed by atoms with E-state index in [0.717, 1.165) is 12.4 Å². The second-order valence-corrected chi connectivity index (χ2v) is 4.46. The fourth-order valence-corrected chi connectivity index (χ4v) is 2.27. The predicted octanol–water partition coefficient (Wildman–Crippen LogP) is 1.37. The van der Waals surface area contributed by atoms with E-state index in [1.54, 1.807) is 0 Å². The van der Waals surface area contributed by atoms with Crippen LogP contribution in [0, 0.1) is 0 Å². The highest BCUT2D eigenvalue weighted by Gasteiger charge is 2.19. The Kier molecular flexibility index (Phi) is 2.37. The van der Waals surface area contributed by atoms with Gasteiger partial charge in [-0.05, 0) is 32.2 Å². The maximum absolute atomic E-state index is 4.64. The van der Waals surface area contributed by atoms with Crippen molar-refractivity contribution >= 4 is 5.82 Å². The third-order valence-electron chi connectivity index (χ3n) is 3.38. The maximum Gasteiger partial charge on any atom is 0.150 e. The first kappa shape index (κ1) is 9.21. The van der Waals surface area contributed by atoms with Gasteiger partial charge in [0.2, 0.25) is 0 Å². The van der Waals surface area contributed by atoms with Crippen LogP contribution in [-0.2, 0) is 0 Å². The molecule has 1 N–H and O–H groups in total. The van der Waals surface area contributed by atoms with Crippen molar-refractivity contribution in [2.75, 3.05) is 24.5 Å². The Balaban J connectivity index is 1.71. The molecular formula is C11H18N4. The highest BCUT2D eigenvalue weighted by molar-refractivity contribution is 5.39. The molecule has 1 atom stereocenters. The van der Waals surface area contributed by atoms with Crippen LogP contribution in [0.15, 0.2) is 12.3 Å². The summed E-state index contributed by atoms with van der Waals surface area (Å²) in [6.07, 6.45) is 7.67. The summed E-state index contributed by atoms with van der Waals surface area (Å²) in [6.45, 7) is 3.48. The summed E-state index contributed by atoms with van der Waals surface area (Å²) in [6, 6.07) is 2.13. The number of piperidine rings is 1. The van der Waals surface area contributed by atoms with Crippen LogP contribution in [0.4, 0.5) is 5.82 Å². The Labute approximate surface area is 90.3 Å². The number of hydrogen-bond acceptors (Lipinski definition) is 3. The van der Waals surface area contributed by atoms with Gasteiger partial charge >= 0.3 is 0 Å². The highest BCUT2D eigenvalue weighted by atomic mass is 15.4. The summed E-state index contributed by atoms with van der Waals surface area (Å²) < 4.78 is 2.09. The van der Waals surface area contributed by atoms with Gasteiger partial charge in [-0.15, -0.1) is 0 Å². The molecule has 2 aliphatic rings. The normalized spacial score (nSPS) is 26.4. The molecule has 1 aromatic heterocycles. The molecule has 0 aliphatic carbocycles. The van der Waals surface area contributed by atoms with Crippen molar-refractivity contribution in [1.29, 1.82) is 0 Å². The predicted molar refractivity (Wildman–Crippen MR) is 59.9 cm³/mol. The monoisotopic (exact) mass is 206 g/mol. The molecule has 3 rings (SSSR count). The molecule has 2 saturated heterocycles. The average Bonchev–Trinajstić information content (AvgIpc) is 2.66. The van der Waals surface area contributed by atoms with Gasteiger partial charge in [0.25, 0.3) is 0 Å². The van der Waals surface area contributed by atoms with Gasteiger partial charge in [0.15, 0.2) is 5.82 Å². The van der Waals surface area contributed by atoms with E-state index in [-0.39, 0.29) is 0 Å². The summed E-state index contributed by atoms with van der Waals surface area (Å²) >= 11 is 0. The lowest BCUT2D eigenvalue weighted by Crippen LogP contribution is -2.37. The molecule has 82 valence electrons. The summed E-state index contributed by atoms with van der Waals surface area (Å²) in [4.78, 5) is 2.33. The van der Waals surface area contributed by atoms with Crippen molar-refractivity contribution in [3.05, 3.63) is 12.3 Å². The first-order chi connectivity index (χ1) is 7.43. The van der Waals surface area contributed by atoms with E-state index in [1.807, 2.05) is 0 Å². The molecule has 2 fully saturated rings. The van der Waals surface area contributed by atoms with Crippen molar-refractivity contribution < 1.29 is 0 Å². The summed E-state index contributed by atoms with van der Waals surface area (Å²) in [5, 5.41) is 8.14. The molecule has 3 heterocycles. The van der Waals surface area contributed by atoms with Crippen molar-refractivity contribution in [3.8, 4) is 0 Å². The van der Waals surface area contributed by atoms with E-state index in [2.05, 4.69) is 32.3 Å². The molecule has 1 aromatic rings. The van der Waals surface area contributed by atoms with Crippen LogP contribution in [-0.4, -0.2) is 29.4 Å². The standard InChI is InChI=1S/C11H18N4/c1-2-6-12-10(4-1)15-9-5-11(13-15)14-7-3-8-14/h5,9-10,12H,1-4,6-8H2. The Morgan fingerprint density at radius 1 is 1.27 bits per heavy atom. The van der Waals surface area contributed by atoms with Crippen LogP contribution in [0.1, 0.15) is 31.8 Å². The van der Waals surface area contributed by atoms with E-state index >= 15 is 0 Å². The number of rotatable bonds is 2.